The average molecular weight is 325 g/mol. The van der Waals surface area contributed by atoms with Gasteiger partial charge in [0.2, 0.25) is 4.77 Å². The fourth-order valence-electron chi connectivity index (χ4n) is 2.06. The number of nitrogens with two attached hydrogens (primary N) is 1. The minimum absolute atomic E-state index is 0.118. The first kappa shape index (κ1) is 15.0. The molecule has 0 spiro atoms. The van der Waals surface area contributed by atoms with E-state index in [0.717, 1.165) is 16.8 Å². The van der Waals surface area contributed by atoms with Crippen LogP contribution in [0.1, 0.15) is 17.0 Å². The quantitative estimate of drug-likeness (QED) is 0.327. The number of aromatic nitrogens is 3. The van der Waals surface area contributed by atoms with Crippen molar-refractivity contribution in [3.63, 3.8) is 0 Å². The van der Waals surface area contributed by atoms with Gasteiger partial charge in [0.25, 0.3) is 0 Å². The molecule has 3 rings (SSSR count). The number of hydrogen-bond donors (Lipinski definition) is 2. The lowest BCUT2D eigenvalue weighted by Crippen LogP contribution is -2.13. The van der Waals surface area contributed by atoms with E-state index in [-0.39, 0.29) is 6.61 Å². The van der Waals surface area contributed by atoms with Gasteiger partial charge in [0, 0.05) is 11.1 Å². The second-order valence-electron chi connectivity index (χ2n) is 4.76. The molecule has 0 unspecified atom stereocenters. The standard InChI is InChI=1S/C16H15N5OS/c17-21-14(18-19-16(21)23)11-22-20-15(12-7-3-1-4-8-12)13-9-5-2-6-10-13/h1-10H,11,17H2,(H,19,23). The number of aromatic amines is 1. The lowest BCUT2D eigenvalue weighted by atomic mass is 10.0. The summed E-state index contributed by atoms with van der Waals surface area (Å²) in [6, 6.07) is 19.7. The molecule has 0 aliphatic heterocycles. The molecule has 0 bridgehead atoms. The number of benzene rings is 2. The first-order valence-corrected chi connectivity index (χ1v) is 7.38. The monoisotopic (exact) mass is 325 g/mol. The van der Waals surface area contributed by atoms with Gasteiger partial charge in [0.15, 0.2) is 12.4 Å². The molecule has 2 aromatic carbocycles. The zero-order valence-corrected chi connectivity index (χ0v) is 13.0. The van der Waals surface area contributed by atoms with E-state index in [4.69, 9.17) is 22.9 Å². The minimum Gasteiger partial charge on any atom is -0.387 e. The average Bonchev–Trinajstić information content (AvgIpc) is 2.92. The molecule has 0 aliphatic carbocycles. The predicted molar refractivity (Wildman–Crippen MR) is 90.9 cm³/mol. The summed E-state index contributed by atoms with van der Waals surface area (Å²) in [5.74, 6) is 6.20. The van der Waals surface area contributed by atoms with E-state index < -0.39 is 0 Å². The molecule has 23 heavy (non-hydrogen) atoms. The lowest BCUT2D eigenvalue weighted by Gasteiger charge is -2.07. The molecule has 0 aliphatic rings. The highest BCUT2D eigenvalue weighted by atomic mass is 32.1. The van der Waals surface area contributed by atoms with Crippen molar-refractivity contribution in [2.24, 2.45) is 5.16 Å². The number of hydrogen-bond acceptors (Lipinski definition) is 5. The Balaban J connectivity index is 1.86. The molecular formula is C16H15N5OS. The molecule has 0 saturated heterocycles. The fraction of sp³-hybridized carbons (Fsp3) is 0.0625. The van der Waals surface area contributed by atoms with Crippen LogP contribution in [-0.4, -0.2) is 20.6 Å². The van der Waals surface area contributed by atoms with Gasteiger partial charge in [-0.25, -0.2) is 4.68 Å². The zero-order chi connectivity index (χ0) is 16.1. The van der Waals surface area contributed by atoms with Gasteiger partial charge in [-0.1, -0.05) is 65.8 Å². The molecule has 3 N–H and O–H groups in total. The minimum atomic E-state index is 0.118. The smallest absolute Gasteiger partial charge is 0.214 e. The van der Waals surface area contributed by atoms with Crippen LogP contribution in [0.5, 0.6) is 0 Å². The maximum atomic E-state index is 5.73. The highest BCUT2D eigenvalue weighted by Crippen LogP contribution is 2.11. The van der Waals surface area contributed by atoms with Crippen molar-refractivity contribution >= 4 is 17.9 Å². The summed E-state index contributed by atoms with van der Waals surface area (Å²) in [4.78, 5) is 5.44. The highest BCUT2D eigenvalue weighted by Gasteiger charge is 2.08. The molecule has 116 valence electrons. The van der Waals surface area contributed by atoms with Gasteiger partial charge in [-0.15, -0.1) is 0 Å². The Morgan fingerprint density at radius 2 is 1.65 bits per heavy atom. The van der Waals surface area contributed by atoms with E-state index in [1.54, 1.807) is 0 Å². The van der Waals surface area contributed by atoms with Gasteiger partial charge in [0.05, 0.1) is 0 Å². The first-order chi connectivity index (χ1) is 11.3. The topological polar surface area (TPSA) is 81.2 Å². The van der Waals surface area contributed by atoms with E-state index >= 15 is 0 Å². The van der Waals surface area contributed by atoms with Crippen LogP contribution in [-0.2, 0) is 11.4 Å². The Bertz CT molecular complexity index is 813. The second kappa shape index (κ2) is 6.89. The van der Waals surface area contributed by atoms with Crippen molar-refractivity contribution in [2.75, 3.05) is 5.84 Å². The lowest BCUT2D eigenvalue weighted by molar-refractivity contribution is 0.123. The predicted octanol–water partition coefficient (Wildman–Crippen LogP) is 2.62. The van der Waals surface area contributed by atoms with Gasteiger partial charge >= 0.3 is 0 Å². The van der Waals surface area contributed by atoms with E-state index in [0.29, 0.717) is 10.6 Å². The Kier molecular flexibility index (Phi) is 4.49. The Hall–Kier alpha value is -2.93. The van der Waals surface area contributed by atoms with Crippen molar-refractivity contribution < 1.29 is 4.84 Å². The molecule has 3 aromatic rings. The molecule has 7 heteroatoms. The second-order valence-corrected chi connectivity index (χ2v) is 5.15. The molecule has 0 fully saturated rings. The van der Waals surface area contributed by atoms with Crippen LogP contribution < -0.4 is 5.84 Å². The van der Waals surface area contributed by atoms with Crippen molar-refractivity contribution in [1.82, 2.24) is 14.9 Å². The maximum absolute atomic E-state index is 5.73. The largest absolute Gasteiger partial charge is 0.387 e. The Labute approximate surface area is 138 Å². The van der Waals surface area contributed by atoms with Crippen molar-refractivity contribution in [1.29, 1.82) is 0 Å². The summed E-state index contributed by atoms with van der Waals surface area (Å²) in [5, 5.41) is 10.9. The molecule has 1 heterocycles. The zero-order valence-electron chi connectivity index (χ0n) is 12.2. The van der Waals surface area contributed by atoms with Crippen LogP contribution in [0.3, 0.4) is 0 Å². The first-order valence-electron chi connectivity index (χ1n) is 6.98. The van der Waals surface area contributed by atoms with Crippen LogP contribution in [0.25, 0.3) is 0 Å². The van der Waals surface area contributed by atoms with Gasteiger partial charge in [-0.05, 0) is 12.2 Å². The Morgan fingerprint density at radius 1 is 1.09 bits per heavy atom. The normalized spacial score (nSPS) is 10.3. The summed E-state index contributed by atoms with van der Waals surface area (Å²) in [5.41, 5.74) is 2.67. The number of rotatable bonds is 5. The third-order valence-electron chi connectivity index (χ3n) is 3.22. The number of oxime groups is 1. The summed E-state index contributed by atoms with van der Waals surface area (Å²) < 4.78 is 1.59. The maximum Gasteiger partial charge on any atom is 0.214 e. The third-order valence-corrected chi connectivity index (χ3v) is 3.51. The van der Waals surface area contributed by atoms with Crippen LogP contribution >= 0.6 is 12.2 Å². The van der Waals surface area contributed by atoms with Crippen LogP contribution in [0.4, 0.5) is 0 Å². The van der Waals surface area contributed by atoms with Crippen molar-refractivity contribution in [3.05, 3.63) is 82.4 Å². The number of nitrogens with one attached hydrogen (secondary N) is 1. The van der Waals surface area contributed by atoms with Crippen molar-refractivity contribution in [2.45, 2.75) is 6.61 Å². The van der Waals surface area contributed by atoms with E-state index in [2.05, 4.69) is 15.4 Å². The molecule has 0 saturated carbocycles. The summed E-state index contributed by atoms with van der Waals surface area (Å²) in [6.45, 7) is 0.118. The van der Waals surface area contributed by atoms with Gasteiger partial charge < -0.3 is 10.7 Å². The highest BCUT2D eigenvalue weighted by molar-refractivity contribution is 7.71. The van der Waals surface area contributed by atoms with Gasteiger partial charge in [-0.2, -0.15) is 5.10 Å². The molecule has 0 atom stereocenters. The van der Waals surface area contributed by atoms with E-state index in [9.17, 15) is 0 Å². The molecule has 6 nitrogen and oxygen atoms in total. The third kappa shape index (κ3) is 3.46. The molecule has 1 aromatic heterocycles. The summed E-state index contributed by atoms with van der Waals surface area (Å²) in [6.07, 6.45) is 0. The van der Waals surface area contributed by atoms with Gasteiger partial charge in [-0.3, -0.25) is 5.10 Å². The van der Waals surface area contributed by atoms with Crippen LogP contribution in [0, 0.1) is 4.77 Å². The van der Waals surface area contributed by atoms with Crippen molar-refractivity contribution in [3.8, 4) is 0 Å². The molecular weight excluding hydrogens is 310 g/mol. The Morgan fingerprint density at radius 3 is 2.13 bits per heavy atom. The molecule has 0 amide bonds. The number of nitrogen functional groups attached to an aromatic ring is 1. The van der Waals surface area contributed by atoms with Crippen LogP contribution in [0.2, 0.25) is 0 Å². The van der Waals surface area contributed by atoms with E-state index in [1.807, 2.05) is 60.7 Å². The molecule has 0 radical (unpaired) electrons. The van der Waals surface area contributed by atoms with Crippen LogP contribution in [0.15, 0.2) is 65.8 Å². The van der Waals surface area contributed by atoms with E-state index in [1.165, 1.54) is 4.68 Å². The summed E-state index contributed by atoms with van der Waals surface area (Å²) >= 11 is 4.96. The SMILES string of the molecule is Nn1c(CON=C(c2ccccc2)c2ccccc2)n[nH]c1=S. The van der Waals surface area contributed by atoms with Gasteiger partial charge in [0.1, 0.15) is 5.71 Å². The summed E-state index contributed by atoms with van der Waals surface area (Å²) in [7, 11) is 0. The fourth-order valence-corrected chi connectivity index (χ4v) is 2.21. The number of nitrogens with zero attached hydrogens (tertiary/aromatic N) is 3. The number of H-pyrrole nitrogens is 1.